The summed E-state index contributed by atoms with van der Waals surface area (Å²) in [4.78, 5) is 30.2. The van der Waals surface area contributed by atoms with E-state index in [1.807, 2.05) is 13.0 Å². The molecular formula is C20H24N2O3. The van der Waals surface area contributed by atoms with Crippen LogP contribution in [0.1, 0.15) is 50.2 Å². The van der Waals surface area contributed by atoms with E-state index in [2.05, 4.69) is 28.1 Å². The second-order valence-corrected chi connectivity index (χ2v) is 6.65. The fraction of sp³-hybridized carbons (Fsp3) is 0.400. The molecule has 0 saturated heterocycles. The molecule has 0 saturated carbocycles. The Hall–Kier alpha value is -2.40. The van der Waals surface area contributed by atoms with Crippen LogP contribution in [0.25, 0.3) is 0 Å². The number of aryl methyl sites for hydroxylation is 1. The predicted octanol–water partition coefficient (Wildman–Crippen LogP) is 3.05. The maximum absolute atomic E-state index is 13.0. The number of hydrogen-bond donors (Lipinski definition) is 1. The molecule has 3 rings (SSSR count). The number of carbonyl (C=O) groups excluding carboxylic acids is 2. The van der Waals surface area contributed by atoms with Crippen molar-refractivity contribution in [1.29, 1.82) is 0 Å². The van der Waals surface area contributed by atoms with Crippen LogP contribution in [0, 0.1) is 13.8 Å². The van der Waals surface area contributed by atoms with Gasteiger partial charge in [0.25, 0.3) is 0 Å². The van der Waals surface area contributed by atoms with E-state index in [9.17, 15) is 9.59 Å². The molecule has 1 aliphatic heterocycles. The van der Waals surface area contributed by atoms with Crippen molar-refractivity contribution < 1.29 is 14.3 Å². The summed E-state index contributed by atoms with van der Waals surface area (Å²) >= 11 is 0. The number of ether oxygens (including phenoxy) is 1. The summed E-state index contributed by atoms with van der Waals surface area (Å²) in [5.41, 5.74) is 4.94. The fourth-order valence-corrected chi connectivity index (χ4v) is 3.63. The highest BCUT2D eigenvalue weighted by molar-refractivity contribution is 6.03. The average molecular weight is 340 g/mol. The largest absolute Gasteiger partial charge is 0.465 e. The Morgan fingerprint density at radius 3 is 2.56 bits per heavy atom. The van der Waals surface area contributed by atoms with Crippen LogP contribution in [0.5, 0.6) is 0 Å². The number of methoxy groups -OCH3 is 1. The van der Waals surface area contributed by atoms with Gasteiger partial charge in [-0.15, -0.1) is 0 Å². The fourth-order valence-electron chi connectivity index (χ4n) is 3.63. The van der Waals surface area contributed by atoms with Crippen molar-refractivity contribution in [1.82, 2.24) is 9.88 Å². The highest BCUT2D eigenvalue weighted by Gasteiger charge is 2.30. The van der Waals surface area contributed by atoms with E-state index in [1.54, 1.807) is 13.8 Å². The Kier molecular flexibility index (Phi) is 4.77. The molecule has 0 aliphatic carbocycles. The van der Waals surface area contributed by atoms with Crippen molar-refractivity contribution in [2.75, 3.05) is 13.7 Å². The standard InChI is InChI=1S/C20H24N2O3/c1-12-17(20(24)25-4)13(2)21-18(12)19(23)14(3)22-10-9-15-7-5-6-8-16(15)11-22/h5-8,14,21H,9-11H2,1-4H3/t14-/m1/s1. The maximum Gasteiger partial charge on any atom is 0.339 e. The van der Waals surface area contributed by atoms with Crippen LogP contribution >= 0.6 is 0 Å². The van der Waals surface area contributed by atoms with Gasteiger partial charge in [-0.2, -0.15) is 0 Å². The van der Waals surface area contributed by atoms with Crippen molar-refractivity contribution in [2.24, 2.45) is 0 Å². The Morgan fingerprint density at radius 2 is 1.88 bits per heavy atom. The first-order valence-electron chi connectivity index (χ1n) is 8.56. The zero-order chi connectivity index (χ0) is 18.1. The van der Waals surface area contributed by atoms with Crippen LogP contribution in [-0.2, 0) is 17.7 Å². The third-order valence-corrected chi connectivity index (χ3v) is 5.16. The highest BCUT2D eigenvalue weighted by atomic mass is 16.5. The summed E-state index contributed by atoms with van der Waals surface area (Å²) in [6.45, 7) is 7.14. The number of esters is 1. The van der Waals surface area contributed by atoms with E-state index in [-0.39, 0.29) is 11.8 Å². The van der Waals surface area contributed by atoms with Gasteiger partial charge in [-0.05, 0) is 43.9 Å². The van der Waals surface area contributed by atoms with Gasteiger partial charge in [0.15, 0.2) is 5.78 Å². The number of carbonyl (C=O) groups is 2. The second kappa shape index (κ2) is 6.84. The van der Waals surface area contributed by atoms with Crippen LogP contribution in [0.3, 0.4) is 0 Å². The topological polar surface area (TPSA) is 62.4 Å². The molecule has 0 radical (unpaired) electrons. The quantitative estimate of drug-likeness (QED) is 0.686. The molecule has 0 bridgehead atoms. The van der Waals surface area contributed by atoms with Crippen LogP contribution in [0.4, 0.5) is 0 Å². The first-order valence-corrected chi connectivity index (χ1v) is 8.56. The van der Waals surface area contributed by atoms with Gasteiger partial charge in [-0.1, -0.05) is 24.3 Å². The van der Waals surface area contributed by atoms with Gasteiger partial charge in [-0.25, -0.2) is 4.79 Å². The van der Waals surface area contributed by atoms with Crippen LogP contribution in [0.2, 0.25) is 0 Å². The van der Waals surface area contributed by atoms with Gasteiger partial charge in [0, 0.05) is 18.8 Å². The molecule has 1 aliphatic rings. The molecule has 0 unspecified atom stereocenters. The molecule has 0 spiro atoms. The third-order valence-electron chi connectivity index (χ3n) is 5.16. The molecule has 25 heavy (non-hydrogen) atoms. The molecule has 2 aromatic rings. The van der Waals surface area contributed by atoms with Crippen LogP contribution in [0.15, 0.2) is 24.3 Å². The number of Topliss-reactive ketones (excluding diaryl/α,β-unsaturated/α-hetero) is 1. The van der Waals surface area contributed by atoms with Crippen LogP contribution < -0.4 is 0 Å². The summed E-state index contributed by atoms with van der Waals surface area (Å²) in [6.07, 6.45) is 0.948. The molecule has 132 valence electrons. The molecule has 1 N–H and O–H groups in total. The minimum absolute atomic E-state index is 0.00938. The molecule has 1 atom stereocenters. The number of H-pyrrole nitrogens is 1. The first-order chi connectivity index (χ1) is 11.9. The number of nitrogens with one attached hydrogen (secondary N) is 1. The smallest absolute Gasteiger partial charge is 0.339 e. The van der Waals surface area contributed by atoms with Crippen molar-refractivity contribution >= 4 is 11.8 Å². The molecule has 2 heterocycles. The van der Waals surface area contributed by atoms with E-state index < -0.39 is 5.97 Å². The summed E-state index contributed by atoms with van der Waals surface area (Å²) in [7, 11) is 1.35. The van der Waals surface area contributed by atoms with Gasteiger partial charge in [0.2, 0.25) is 0 Å². The summed E-state index contributed by atoms with van der Waals surface area (Å²) in [6, 6.07) is 8.12. The molecule has 1 aromatic carbocycles. The Bertz CT molecular complexity index is 822. The maximum atomic E-state index is 13.0. The lowest BCUT2D eigenvalue weighted by atomic mass is 9.97. The number of benzene rings is 1. The van der Waals surface area contributed by atoms with Gasteiger partial charge in [-0.3, -0.25) is 9.69 Å². The van der Waals surface area contributed by atoms with Crippen molar-refractivity contribution in [2.45, 2.75) is 39.8 Å². The molecule has 0 amide bonds. The number of hydrogen-bond acceptors (Lipinski definition) is 4. The molecule has 0 fully saturated rings. The Morgan fingerprint density at radius 1 is 1.20 bits per heavy atom. The Balaban J connectivity index is 1.83. The van der Waals surface area contributed by atoms with Gasteiger partial charge in [0.05, 0.1) is 24.4 Å². The summed E-state index contributed by atoms with van der Waals surface area (Å²) in [5.74, 6) is -0.403. The van der Waals surface area contributed by atoms with E-state index in [0.717, 1.165) is 19.5 Å². The van der Waals surface area contributed by atoms with E-state index >= 15 is 0 Å². The summed E-state index contributed by atoms with van der Waals surface area (Å²) in [5, 5.41) is 0. The number of nitrogens with zero attached hydrogens (tertiary/aromatic N) is 1. The molecule has 5 nitrogen and oxygen atoms in total. The van der Waals surface area contributed by atoms with Crippen LogP contribution in [-0.4, -0.2) is 41.3 Å². The third kappa shape index (κ3) is 3.12. The Labute approximate surface area is 148 Å². The minimum Gasteiger partial charge on any atom is -0.465 e. The lowest BCUT2D eigenvalue weighted by molar-refractivity contribution is 0.0599. The number of rotatable bonds is 4. The second-order valence-electron chi connectivity index (χ2n) is 6.65. The van der Waals surface area contributed by atoms with Crippen molar-refractivity contribution in [3.8, 4) is 0 Å². The average Bonchev–Trinajstić information content (AvgIpc) is 2.93. The molecular weight excluding hydrogens is 316 g/mol. The normalized spacial score (nSPS) is 15.5. The predicted molar refractivity (Wildman–Crippen MR) is 96.0 cm³/mol. The van der Waals surface area contributed by atoms with Gasteiger partial charge >= 0.3 is 5.97 Å². The number of aromatic nitrogens is 1. The number of aromatic amines is 1. The van der Waals surface area contributed by atoms with Gasteiger partial charge in [0.1, 0.15) is 0 Å². The highest BCUT2D eigenvalue weighted by Crippen LogP contribution is 2.24. The van der Waals surface area contributed by atoms with E-state index in [0.29, 0.717) is 22.5 Å². The zero-order valence-electron chi connectivity index (χ0n) is 15.2. The SMILES string of the molecule is COC(=O)c1c(C)[nH]c(C(=O)[C@@H](C)N2CCc3ccccc3C2)c1C. The van der Waals surface area contributed by atoms with E-state index in [1.165, 1.54) is 18.2 Å². The first kappa shape index (κ1) is 17.4. The van der Waals surface area contributed by atoms with E-state index in [4.69, 9.17) is 4.74 Å². The number of ketones is 1. The molecule has 1 aromatic heterocycles. The summed E-state index contributed by atoms with van der Waals surface area (Å²) < 4.78 is 4.83. The molecule has 5 heteroatoms. The number of fused-ring (bicyclic) bond motifs is 1. The monoisotopic (exact) mass is 340 g/mol. The minimum atomic E-state index is -0.412. The van der Waals surface area contributed by atoms with Gasteiger partial charge < -0.3 is 9.72 Å². The lowest BCUT2D eigenvalue weighted by Crippen LogP contribution is -2.42. The van der Waals surface area contributed by atoms with Crippen molar-refractivity contribution in [3.63, 3.8) is 0 Å². The lowest BCUT2D eigenvalue weighted by Gasteiger charge is -2.32. The van der Waals surface area contributed by atoms with Crippen molar-refractivity contribution in [3.05, 3.63) is 57.9 Å². The zero-order valence-corrected chi connectivity index (χ0v) is 15.2.